The molecule has 0 saturated carbocycles. The number of anilines is 1. The number of nitrogens with two attached hydrogens (primary N) is 1. The van der Waals surface area contributed by atoms with Crippen LogP contribution in [0, 0.1) is 5.92 Å². The van der Waals surface area contributed by atoms with Crippen LogP contribution in [0.2, 0.25) is 0 Å². The van der Waals surface area contributed by atoms with Crippen LogP contribution in [0.15, 0.2) is 0 Å². The first-order valence-electron chi connectivity index (χ1n) is 4.25. The monoisotopic (exact) mass is 183 g/mol. The molecule has 0 amide bonds. The van der Waals surface area contributed by atoms with E-state index in [1.165, 1.54) is 23.4 Å². The third-order valence-electron chi connectivity index (χ3n) is 2.31. The summed E-state index contributed by atoms with van der Waals surface area (Å²) in [5.74, 6) is 6.10. The van der Waals surface area contributed by atoms with Gasteiger partial charge in [0.1, 0.15) is 0 Å². The Kier molecular flexibility index (Phi) is 2.02. The molecule has 1 aliphatic rings. The van der Waals surface area contributed by atoms with E-state index in [1.54, 1.807) is 11.3 Å². The topological polar surface area (TPSA) is 50.9 Å². The Hall–Kier alpha value is -0.610. The number of aryl methyl sites for hydroxylation is 1. The summed E-state index contributed by atoms with van der Waals surface area (Å²) in [5, 5.41) is 0.856. The van der Waals surface area contributed by atoms with E-state index in [0.717, 1.165) is 17.5 Å². The van der Waals surface area contributed by atoms with Crippen LogP contribution >= 0.6 is 11.3 Å². The number of fused-ring (bicyclic) bond motifs is 1. The van der Waals surface area contributed by atoms with Gasteiger partial charge in [0.05, 0.1) is 5.69 Å². The Bertz CT molecular complexity index is 282. The molecule has 0 aromatic carbocycles. The maximum atomic E-state index is 5.29. The smallest absolute Gasteiger partial charge is 0.197 e. The third kappa shape index (κ3) is 1.32. The first kappa shape index (κ1) is 8.01. The molecule has 12 heavy (non-hydrogen) atoms. The number of aromatic nitrogens is 1. The highest BCUT2D eigenvalue weighted by molar-refractivity contribution is 7.15. The van der Waals surface area contributed by atoms with E-state index in [9.17, 15) is 0 Å². The lowest BCUT2D eigenvalue weighted by Gasteiger charge is -2.15. The summed E-state index contributed by atoms with van der Waals surface area (Å²) in [7, 11) is 0. The molecule has 0 bridgehead atoms. The zero-order valence-corrected chi connectivity index (χ0v) is 7.95. The van der Waals surface area contributed by atoms with Crippen molar-refractivity contribution in [2.45, 2.75) is 26.2 Å². The Morgan fingerprint density at radius 1 is 1.67 bits per heavy atom. The second-order valence-electron chi connectivity index (χ2n) is 3.38. The normalized spacial score (nSPS) is 22.0. The first-order valence-corrected chi connectivity index (χ1v) is 5.06. The van der Waals surface area contributed by atoms with Gasteiger partial charge in [-0.2, -0.15) is 0 Å². The number of nitrogens with zero attached hydrogens (tertiary/aromatic N) is 1. The van der Waals surface area contributed by atoms with Crippen LogP contribution in [0.3, 0.4) is 0 Å². The minimum absolute atomic E-state index is 0.809. The van der Waals surface area contributed by atoms with Crippen molar-refractivity contribution in [1.82, 2.24) is 4.98 Å². The molecule has 1 aromatic rings. The highest BCUT2D eigenvalue weighted by Crippen LogP contribution is 2.31. The van der Waals surface area contributed by atoms with Gasteiger partial charge in [-0.1, -0.05) is 6.92 Å². The van der Waals surface area contributed by atoms with E-state index < -0.39 is 0 Å². The van der Waals surface area contributed by atoms with Gasteiger partial charge in [-0.25, -0.2) is 10.8 Å². The lowest BCUT2D eigenvalue weighted by molar-refractivity contribution is 0.502. The molecule has 3 nitrogen and oxygen atoms in total. The number of rotatable bonds is 1. The molecule has 0 spiro atoms. The van der Waals surface area contributed by atoms with Gasteiger partial charge in [0.25, 0.3) is 0 Å². The van der Waals surface area contributed by atoms with E-state index >= 15 is 0 Å². The van der Waals surface area contributed by atoms with Crippen molar-refractivity contribution in [1.29, 1.82) is 0 Å². The zero-order chi connectivity index (χ0) is 8.55. The van der Waals surface area contributed by atoms with Gasteiger partial charge in [0.15, 0.2) is 5.13 Å². The van der Waals surface area contributed by atoms with Crippen molar-refractivity contribution >= 4 is 16.5 Å². The van der Waals surface area contributed by atoms with E-state index in [0.29, 0.717) is 0 Å². The molecule has 66 valence electrons. The summed E-state index contributed by atoms with van der Waals surface area (Å²) in [6.07, 6.45) is 3.56. The molecule has 1 heterocycles. The SMILES string of the molecule is CC1CCc2nc(NN)sc2C1. The van der Waals surface area contributed by atoms with E-state index in [1.807, 2.05) is 0 Å². The number of hydrogen-bond acceptors (Lipinski definition) is 4. The molecule has 3 N–H and O–H groups in total. The van der Waals surface area contributed by atoms with Gasteiger partial charge < -0.3 is 0 Å². The minimum atomic E-state index is 0.809. The summed E-state index contributed by atoms with van der Waals surface area (Å²) in [4.78, 5) is 5.80. The van der Waals surface area contributed by atoms with Crippen molar-refractivity contribution in [3.63, 3.8) is 0 Å². The maximum Gasteiger partial charge on any atom is 0.197 e. The molecular weight excluding hydrogens is 170 g/mol. The summed E-state index contributed by atoms with van der Waals surface area (Å²) in [6, 6.07) is 0. The molecule has 1 aliphatic carbocycles. The van der Waals surface area contributed by atoms with Crippen molar-refractivity contribution in [2.24, 2.45) is 11.8 Å². The minimum Gasteiger partial charge on any atom is -0.300 e. The predicted octanol–water partition coefficient (Wildman–Crippen LogP) is 1.55. The van der Waals surface area contributed by atoms with Gasteiger partial charge in [-0.05, 0) is 25.2 Å². The Morgan fingerprint density at radius 2 is 2.50 bits per heavy atom. The van der Waals surface area contributed by atoms with Crippen LogP contribution in [0.4, 0.5) is 5.13 Å². The fraction of sp³-hybridized carbons (Fsp3) is 0.625. The fourth-order valence-electron chi connectivity index (χ4n) is 1.60. The van der Waals surface area contributed by atoms with Crippen molar-refractivity contribution < 1.29 is 0 Å². The van der Waals surface area contributed by atoms with Crippen LogP contribution in [0.1, 0.15) is 23.9 Å². The number of hydrazine groups is 1. The standard InChI is InChI=1S/C8H13N3S/c1-5-2-3-6-7(4-5)12-8(10-6)11-9/h5H,2-4,9H2,1H3,(H,10,11). The molecular formula is C8H13N3S. The molecule has 0 radical (unpaired) electrons. The van der Waals surface area contributed by atoms with Crippen molar-refractivity contribution in [3.05, 3.63) is 10.6 Å². The maximum absolute atomic E-state index is 5.29. The second-order valence-corrected chi connectivity index (χ2v) is 4.46. The van der Waals surface area contributed by atoms with Gasteiger partial charge in [-0.3, -0.25) is 5.43 Å². The largest absolute Gasteiger partial charge is 0.300 e. The molecule has 1 aromatic heterocycles. The summed E-state index contributed by atoms with van der Waals surface area (Å²) < 4.78 is 0. The number of nitrogen functional groups attached to an aromatic ring is 1. The number of nitrogens with one attached hydrogen (secondary N) is 1. The first-order chi connectivity index (χ1) is 5.79. The molecule has 2 rings (SSSR count). The average Bonchev–Trinajstić information content (AvgIpc) is 2.46. The third-order valence-corrected chi connectivity index (χ3v) is 3.36. The number of thiazole rings is 1. The average molecular weight is 183 g/mol. The van der Waals surface area contributed by atoms with E-state index in [4.69, 9.17) is 5.84 Å². The Labute approximate surface area is 76.0 Å². The van der Waals surface area contributed by atoms with Gasteiger partial charge in [-0.15, -0.1) is 11.3 Å². The molecule has 4 heteroatoms. The molecule has 1 atom stereocenters. The van der Waals surface area contributed by atoms with Crippen molar-refractivity contribution in [3.8, 4) is 0 Å². The Morgan fingerprint density at radius 3 is 3.25 bits per heavy atom. The van der Waals surface area contributed by atoms with Crippen LogP contribution in [0.5, 0.6) is 0 Å². The Balaban J connectivity index is 2.28. The summed E-state index contributed by atoms with van der Waals surface area (Å²) in [5.41, 5.74) is 3.86. The van der Waals surface area contributed by atoms with Gasteiger partial charge in [0.2, 0.25) is 0 Å². The van der Waals surface area contributed by atoms with Gasteiger partial charge in [0, 0.05) is 4.88 Å². The van der Waals surface area contributed by atoms with Crippen LogP contribution in [0.25, 0.3) is 0 Å². The van der Waals surface area contributed by atoms with Crippen LogP contribution < -0.4 is 11.3 Å². The zero-order valence-electron chi connectivity index (χ0n) is 7.13. The molecule has 0 saturated heterocycles. The molecule has 1 unspecified atom stereocenters. The van der Waals surface area contributed by atoms with Crippen LogP contribution in [-0.4, -0.2) is 4.98 Å². The van der Waals surface area contributed by atoms with Crippen LogP contribution in [-0.2, 0) is 12.8 Å². The second kappa shape index (κ2) is 3.03. The lowest BCUT2D eigenvalue weighted by Crippen LogP contribution is -2.09. The summed E-state index contributed by atoms with van der Waals surface area (Å²) >= 11 is 1.69. The van der Waals surface area contributed by atoms with E-state index in [2.05, 4.69) is 17.3 Å². The highest BCUT2D eigenvalue weighted by atomic mass is 32.1. The highest BCUT2D eigenvalue weighted by Gasteiger charge is 2.19. The molecule has 0 fully saturated rings. The lowest BCUT2D eigenvalue weighted by atomic mass is 9.93. The fourth-order valence-corrected chi connectivity index (χ4v) is 2.68. The number of hydrogen-bond donors (Lipinski definition) is 2. The van der Waals surface area contributed by atoms with E-state index in [-0.39, 0.29) is 0 Å². The summed E-state index contributed by atoms with van der Waals surface area (Å²) in [6.45, 7) is 2.29. The predicted molar refractivity (Wildman–Crippen MR) is 51.1 cm³/mol. The van der Waals surface area contributed by atoms with Crippen molar-refractivity contribution in [2.75, 3.05) is 5.43 Å². The molecule has 0 aliphatic heterocycles. The quantitative estimate of drug-likeness (QED) is 0.513. The van der Waals surface area contributed by atoms with Gasteiger partial charge >= 0.3 is 0 Å².